The Morgan fingerprint density at radius 2 is 1.95 bits per heavy atom. The van der Waals surface area contributed by atoms with Gasteiger partial charge in [-0.05, 0) is 62.0 Å². The Morgan fingerprint density at radius 3 is 2.64 bits per heavy atom. The molecule has 0 unspecified atom stereocenters. The summed E-state index contributed by atoms with van der Waals surface area (Å²) in [7, 11) is 4.16. The molecule has 0 aliphatic heterocycles. The van der Waals surface area contributed by atoms with Crippen LogP contribution in [0.5, 0.6) is 0 Å². The third kappa shape index (κ3) is 5.76. The fourth-order valence-corrected chi connectivity index (χ4v) is 3.04. The van der Waals surface area contributed by atoms with E-state index in [-0.39, 0.29) is 29.4 Å². The molecule has 1 aliphatic rings. The van der Waals surface area contributed by atoms with Gasteiger partial charge in [0.2, 0.25) is 0 Å². The number of nitrogens with one attached hydrogen (secondary N) is 1. The highest BCUT2D eigenvalue weighted by Crippen LogP contribution is 2.24. The summed E-state index contributed by atoms with van der Waals surface area (Å²) in [5, 5.41) is 3.21. The lowest BCUT2D eigenvalue weighted by Crippen LogP contribution is -2.32. The number of aryl methyl sites for hydroxylation is 2. The van der Waals surface area contributed by atoms with Crippen LogP contribution in [-0.4, -0.2) is 38.0 Å². The van der Waals surface area contributed by atoms with E-state index in [9.17, 15) is 0 Å². The molecule has 0 bridgehead atoms. The minimum absolute atomic E-state index is 0. The lowest BCUT2D eigenvalue weighted by atomic mass is 9.93. The van der Waals surface area contributed by atoms with Gasteiger partial charge in [-0.1, -0.05) is 19.9 Å². The Labute approximate surface area is 151 Å². The van der Waals surface area contributed by atoms with Gasteiger partial charge in [0.15, 0.2) is 5.96 Å². The summed E-state index contributed by atoms with van der Waals surface area (Å²) in [6.07, 6.45) is 3.65. The van der Waals surface area contributed by atoms with Crippen molar-refractivity contribution in [2.45, 2.75) is 33.1 Å². The first-order valence-electron chi connectivity index (χ1n) is 7.69. The van der Waals surface area contributed by atoms with E-state index in [4.69, 9.17) is 5.73 Å². The number of rotatable bonds is 5. The van der Waals surface area contributed by atoms with Crippen molar-refractivity contribution in [2.24, 2.45) is 16.1 Å². The molecule has 0 fully saturated rings. The van der Waals surface area contributed by atoms with Crippen LogP contribution in [0.3, 0.4) is 0 Å². The molecule has 3 N–H and O–H groups in total. The summed E-state index contributed by atoms with van der Waals surface area (Å²) in [4.78, 5) is 6.67. The molecule has 1 aliphatic carbocycles. The number of benzene rings is 1. The van der Waals surface area contributed by atoms with Crippen LogP contribution in [0, 0.1) is 5.41 Å². The molecule has 0 aromatic heterocycles. The van der Waals surface area contributed by atoms with E-state index in [0.717, 1.165) is 18.8 Å². The van der Waals surface area contributed by atoms with Crippen molar-refractivity contribution in [1.29, 1.82) is 0 Å². The number of hydrogen-bond donors (Lipinski definition) is 2. The predicted octanol–water partition coefficient (Wildman–Crippen LogP) is 3.11. The quantitative estimate of drug-likeness (QED) is 0.441. The second kappa shape index (κ2) is 8.15. The molecule has 0 spiro atoms. The SMILES string of the molecule is CN(C)CC(C)(C)CN=C(N)Nc1ccc2c(c1)CCC2.I. The van der Waals surface area contributed by atoms with Crippen LogP contribution in [0.2, 0.25) is 0 Å². The highest BCUT2D eigenvalue weighted by atomic mass is 127. The Kier molecular flexibility index (Phi) is 7.12. The van der Waals surface area contributed by atoms with E-state index in [1.165, 1.54) is 30.4 Å². The predicted molar refractivity (Wildman–Crippen MR) is 106 cm³/mol. The second-order valence-electron chi connectivity index (χ2n) is 7.07. The van der Waals surface area contributed by atoms with Gasteiger partial charge in [-0.3, -0.25) is 4.99 Å². The molecule has 1 aromatic rings. The summed E-state index contributed by atoms with van der Waals surface area (Å²) < 4.78 is 0. The molecule has 0 saturated carbocycles. The molecule has 0 saturated heterocycles. The topological polar surface area (TPSA) is 53.6 Å². The largest absolute Gasteiger partial charge is 0.370 e. The second-order valence-corrected chi connectivity index (χ2v) is 7.07. The molecular weight excluding hydrogens is 387 g/mol. The van der Waals surface area contributed by atoms with Gasteiger partial charge >= 0.3 is 0 Å². The molecule has 0 radical (unpaired) electrons. The van der Waals surface area contributed by atoms with Gasteiger partial charge < -0.3 is 16.0 Å². The summed E-state index contributed by atoms with van der Waals surface area (Å²) in [6.45, 7) is 6.12. The Morgan fingerprint density at radius 1 is 1.27 bits per heavy atom. The van der Waals surface area contributed by atoms with Crippen molar-refractivity contribution in [1.82, 2.24) is 4.90 Å². The Balaban J connectivity index is 0.00000242. The van der Waals surface area contributed by atoms with E-state index in [0.29, 0.717) is 5.96 Å². The van der Waals surface area contributed by atoms with E-state index >= 15 is 0 Å². The number of anilines is 1. The van der Waals surface area contributed by atoms with Crippen molar-refractivity contribution >= 4 is 35.6 Å². The normalized spacial score (nSPS) is 14.7. The minimum atomic E-state index is 0. The zero-order valence-electron chi connectivity index (χ0n) is 14.1. The number of aliphatic imine (C=N–C) groups is 1. The Hall–Kier alpha value is -0.820. The van der Waals surface area contributed by atoms with Gasteiger partial charge in [-0.25, -0.2) is 0 Å². The molecule has 2 rings (SSSR count). The Bertz CT molecular complexity index is 523. The molecule has 5 heteroatoms. The lowest BCUT2D eigenvalue weighted by Gasteiger charge is -2.26. The van der Waals surface area contributed by atoms with Gasteiger partial charge in [-0.2, -0.15) is 0 Å². The number of halogens is 1. The third-order valence-electron chi connectivity index (χ3n) is 3.79. The van der Waals surface area contributed by atoms with Crippen LogP contribution in [0.15, 0.2) is 23.2 Å². The number of nitrogens with two attached hydrogens (primary N) is 1. The molecule has 0 amide bonds. The third-order valence-corrected chi connectivity index (χ3v) is 3.79. The van der Waals surface area contributed by atoms with Crippen molar-refractivity contribution < 1.29 is 0 Å². The fraction of sp³-hybridized carbons (Fsp3) is 0.588. The van der Waals surface area contributed by atoms with Crippen molar-refractivity contribution in [3.8, 4) is 0 Å². The number of nitrogens with zero attached hydrogens (tertiary/aromatic N) is 2. The maximum Gasteiger partial charge on any atom is 0.193 e. The summed E-state index contributed by atoms with van der Waals surface area (Å²) >= 11 is 0. The van der Waals surface area contributed by atoms with Gasteiger partial charge in [0.1, 0.15) is 0 Å². The molecule has 22 heavy (non-hydrogen) atoms. The molecule has 0 atom stereocenters. The summed E-state index contributed by atoms with van der Waals surface area (Å²) in [5.41, 5.74) is 10.1. The highest BCUT2D eigenvalue weighted by Gasteiger charge is 2.18. The first-order chi connectivity index (χ1) is 9.85. The zero-order chi connectivity index (χ0) is 15.5. The van der Waals surface area contributed by atoms with Crippen LogP contribution in [0.4, 0.5) is 5.69 Å². The van der Waals surface area contributed by atoms with Crippen LogP contribution in [0.1, 0.15) is 31.4 Å². The summed E-state index contributed by atoms with van der Waals surface area (Å²) in [5.74, 6) is 0.500. The fourth-order valence-electron chi connectivity index (χ4n) is 3.04. The number of hydrogen-bond acceptors (Lipinski definition) is 2. The average molecular weight is 416 g/mol. The molecule has 1 aromatic carbocycles. The molecule has 0 heterocycles. The summed E-state index contributed by atoms with van der Waals surface area (Å²) in [6, 6.07) is 6.50. The maximum atomic E-state index is 6.01. The smallest absolute Gasteiger partial charge is 0.193 e. The standard InChI is InChI=1S/C17H28N4.HI/c1-17(2,12-21(3)4)11-19-16(18)20-15-9-8-13-6-5-7-14(13)10-15;/h8-10H,5-7,11-12H2,1-4H3,(H3,18,19,20);1H. The monoisotopic (exact) mass is 416 g/mol. The van der Waals surface area contributed by atoms with E-state index in [1.807, 2.05) is 0 Å². The average Bonchev–Trinajstić information content (AvgIpc) is 2.82. The van der Waals surface area contributed by atoms with Crippen LogP contribution >= 0.6 is 24.0 Å². The van der Waals surface area contributed by atoms with E-state index in [1.54, 1.807) is 0 Å². The molecular formula is C17H29IN4. The lowest BCUT2D eigenvalue weighted by molar-refractivity contribution is 0.249. The van der Waals surface area contributed by atoms with Gasteiger partial charge in [-0.15, -0.1) is 24.0 Å². The first-order valence-corrected chi connectivity index (χ1v) is 7.69. The molecule has 124 valence electrons. The first kappa shape index (κ1) is 19.2. The van der Waals surface area contributed by atoms with Crippen molar-refractivity contribution in [2.75, 3.05) is 32.5 Å². The van der Waals surface area contributed by atoms with Crippen molar-refractivity contribution in [3.05, 3.63) is 29.3 Å². The van der Waals surface area contributed by atoms with E-state index in [2.05, 4.69) is 61.4 Å². The van der Waals surface area contributed by atoms with Crippen LogP contribution < -0.4 is 11.1 Å². The van der Waals surface area contributed by atoms with Gasteiger partial charge in [0.05, 0.1) is 0 Å². The van der Waals surface area contributed by atoms with Gasteiger partial charge in [0, 0.05) is 18.8 Å². The maximum absolute atomic E-state index is 6.01. The van der Waals surface area contributed by atoms with E-state index < -0.39 is 0 Å². The van der Waals surface area contributed by atoms with Crippen LogP contribution in [0.25, 0.3) is 0 Å². The van der Waals surface area contributed by atoms with Crippen LogP contribution in [-0.2, 0) is 12.8 Å². The van der Waals surface area contributed by atoms with Crippen molar-refractivity contribution in [3.63, 3.8) is 0 Å². The zero-order valence-corrected chi connectivity index (χ0v) is 16.5. The minimum Gasteiger partial charge on any atom is -0.370 e. The number of guanidine groups is 1. The van der Waals surface area contributed by atoms with Gasteiger partial charge in [0.25, 0.3) is 0 Å². The highest BCUT2D eigenvalue weighted by molar-refractivity contribution is 14.0. The molecule has 4 nitrogen and oxygen atoms in total. The number of fused-ring (bicyclic) bond motifs is 1.